The summed E-state index contributed by atoms with van der Waals surface area (Å²) < 4.78 is 16.9. The molecule has 0 unspecified atom stereocenters. The van der Waals surface area contributed by atoms with Gasteiger partial charge < -0.3 is 14.2 Å². The Hall–Kier alpha value is -1.30. The highest BCUT2D eigenvalue weighted by atomic mass is 35.5. The SMILES string of the molecule is CCCCCCCCCCCCCCCCCC(=O)OCC(COC(=O)CCCCCCCCCCCCCCCCC)OC(=O)CCCCCCCCCCCCCCCCC.Cl. The van der Waals surface area contributed by atoms with E-state index in [-0.39, 0.29) is 43.5 Å². The highest BCUT2D eigenvalue weighted by Crippen LogP contribution is 2.17. The lowest BCUT2D eigenvalue weighted by Gasteiger charge is -2.18. The smallest absolute Gasteiger partial charge is 0.306 e. The van der Waals surface area contributed by atoms with Crippen LogP contribution in [0.25, 0.3) is 0 Å². The van der Waals surface area contributed by atoms with Crippen molar-refractivity contribution in [3.8, 4) is 0 Å². The standard InChI is InChI=1S/C57H110O6.ClH/c1-4-7-10-13-16-19-22-25-28-31-34-37-40-43-46-49-55(58)61-52-54(63-57(60)51-48-45-42-39-36-33-30-27-24-21-18-15-12-9-6-3)53-62-56(59)50-47-44-41-38-35-32-29-26-23-20-17-14-11-8-5-2;/h54H,4-53H2,1-3H3;1H. The Balaban J connectivity index is 0. The molecule has 7 heteroatoms. The van der Waals surface area contributed by atoms with Crippen LogP contribution in [-0.4, -0.2) is 37.2 Å². The molecule has 0 saturated carbocycles. The minimum absolute atomic E-state index is 0. The van der Waals surface area contributed by atoms with E-state index in [1.165, 1.54) is 231 Å². The lowest BCUT2D eigenvalue weighted by molar-refractivity contribution is -0.167. The van der Waals surface area contributed by atoms with E-state index in [0.29, 0.717) is 19.3 Å². The van der Waals surface area contributed by atoms with Crippen LogP contribution in [0, 0.1) is 0 Å². The van der Waals surface area contributed by atoms with Gasteiger partial charge in [-0.15, -0.1) is 12.4 Å². The molecule has 0 radical (unpaired) electrons. The molecule has 0 heterocycles. The number of carbonyl (C=O) groups is 3. The third kappa shape index (κ3) is 53.3. The summed E-state index contributed by atoms with van der Waals surface area (Å²) in [6.07, 6.45) is 58.0. The van der Waals surface area contributed by atoms with Crippen LogP contribution >= 0.6 is 12.4 Å². The molecule has 0 rings (SSSR count). The van der Waals surface area contributed by atoms with Crippen LogP contribution in [0.5, 0.6) is 0 Å². The van der Waals surface area contributed by atoms with E-state index in [9.17, 15) is 14.4 Å². The van der Waals surface area contributed by atoms with E-state index < -0.39 is 6.10 Å². The fourth-order valence-electron chi connectivity index (χ4n) is 8.80. The van der Waals surface area contributed by atoms with Gasteiger partial charge in [-0.1, -0.05) is 290 Å². The fourth-order valence-corrected chi connectivity index (χ4v) is 8.80. The third-order valence-corrected chi connectivity index (χ3v) is 13.1. The number of hydrogen-bond acceptors (Lipinski definition) is 6. The van der Waals surface area contributed by atoms with Gasteiger partial charge in [0.1, 0.15) is 13.2 Å². The predicted molar refractivity (Wildman–Crippen MR) is 278 cm³/mol. The van der Waals surface area contributed by atoms with Gasteiger partial charge in [0.2, 0.25) is 0 Å². The first kappa shape index (κ1) is 64.8. The first-order valence-electron chi connectivity index (χ1n) is 28.5. The number of esters is 3. The van der Waals surface area contributed by atoms with Crippen molar-refractivity contribution in [3.05, 3.63) is 0 Å². The normalized spacial score (nSPS) is 11.2. The molecule has 6 nitrogen and oxygen atoms in total. The largest absolute Gasteiger partial charge is 0.462 e. The first-order chi connectivity index (χ1) is 31.0. The van der Waals surface area contributed by atoms with Crippen molar-refractivity contribution in [1.29, 1.82) is 0 Å². The molecule has 0 bridgehead atoms. The summed E-state index contributed by atoms with van der Waals surface area (Å²) in [5.41, 5.74) is 0. The van der Waals surface area contributed by atoms with Crippen molar-refractivity contribution < 1.29 is 28.6 Å². The summed E-state index contributed by atoms with van der Waals surface area (Å²) >= 11 is 0. The van der Waals surface area contributed by atoms with Crippen LogP contribution in [-0.2, 0) is 28.6 Å². The Kier molecular flexibility index (Phi) is 56.7. The molecule has 0 aliphatic heterocycles. The van der Waals surface area contributed by atoms with E-state index in [1.807, 2.05) is 0 Å². The van der Waals surface area contributed by atoms with E-state index in [4.69, 9.17) is 14.2 Å². The van der Waals surface area contributed by atoms with Gasteiger partial charge in [0.25, 0.3) is 0 Å². The average molecular weight is 928 g/mol. The molecule has 0 aromatic carbocycles. The second kappa shape index (κ2) is 56.0. The number of unbranched alkanes of at least 4 members (excludes halogenated alkanes) is 42. The van der Waals surface area contributed by atoms with Crippen molar-refractivity contribution in [2.75, 3.05) is 13.2 Å². The minimum Gasteiger partial charge on any atom is -0.462 e. The molecule has 0 fully saturated rings. The molecule has 0 aliphatic rings. The number of carbonyl (C=O) groups excluding carboxylic acids is 3. The number of halogens is 1. The van der Waals surface area contributed by atoms with Crippen LogP contribution in [0.4, 0.5) is 0 Å². The Morgan fingerprint density at radius 1 is 0.266 bits per heavy atom. The molecular formula is C57H111ClO6. The molecular weight excluding hydrogens is 816 g/mol. The zero-order chi connectivity index (χ0) is 45.8. The van der Waals surface area contributed by atoms with Crippen LogP contribution < -0.4 is 0 Å². The Morgan fingerprint density at radius 3 is 0.641 bits per heavy atom. The quantitative estimate of drug-likeness (QED) is 0.0343. The van der Waals surface area contributed by atoms with Gasteiger partial charge >= 0.3 is 17.9 Å². The van der Waals surface area contributed by atoms with Crippen LogP contribution in [0.3, 0.4) is 0 Å². The molecule has 0 atom stereocenters. The number of ether oxygens (including phenoxy) is 3. The molecule has 0 N–H and O–H groups in total. The average Bonchev–Trinajstić information content (AvgIpc) is 3.28. The van der Waals surface area contributed by atoms with Crippen molar-refractivity contribution >= 4 is 30.3 Å². The zero-order valence-electron chi connectivity index (χ0n) is 43.3. The van der Waals surface area contributed by atoms with Crippen molar-refractivity contribution in [2.45, 2.75) is 335 Å². The molecule has 0 aromatic heterocycles. The predicted octanol–water partition coefficient (Wildman–Crippen LogP) is 19.2. The maximum Gasteiger partial charge on any atom is 0.306 e. The Bertz CT molecular complexity index is 893. The second-order valence-corrected chi connectivity index (χ2v) is 19.6. The van der Waals surface area contributed by atoms with Gasteiger partial charge in [-0.25, -0.2) is 0 Å². The van der Waals surface area contributed by atoms with Gasteiger partial charge in [-0.2, -0.15) is 0 Å². The number of hydrogen-bond donors (Lipinski definition) is 0. The monoisotopic (exact) mass is 927 g/mol. The lowest BCUT2D eigenvalue weighted by Crippen LogP contribution is -2.30. The summed E-state index contributed by atoms with van der Waals surface area (Å²) in [5.74, 6) is -0.832. The molecule has 0 aromatic rings. The van der Waals surface area contributed by atoms with Crippen LogP contribution in [0.15, 0.2) is 0 Å². The van der Waals surface area contributed by atoms with Gasteiger partial charge in [-0.05, 0) is 19.3 Å². The highest BCUT2D eigenvalue weighted by molar-refractivity contribution is 5.85. The summed E-state index contributed by atoms with van der Waals surface area (Å²) in [6.45, 7) is 6.71. The maximum atomic E-state index is 12.8. The van der Waals surface area contributed by atoms with E-state index in [1.54, 1.807) is 0 Å². The van der Waals surface area contributed by atoms with Crippen LogP contribution in [0.1, 0.15) is 329 Å². The molecule has 0 spiro atoms. The molecule has 0 amide bonds. The zero-order valence-corrected chi connectivity index (χ0v) is 44.1. The van der Waals surface area contributed by atoms with Gasteiger partial charge in [0.15, 0.2) is 6.10 Å². The Labute approximate surface area is 405 Å². The number of rotatable bonds is 53. The van der Waals surface area contributed by atoms with E-state index in [0.717, 1.165) is 57.8 Å². The van der Waals surface area contributed by atoms with Crippen molar-refractivity contribution in [1.82, 2.24) is 0 Å². The van der Waals surface area contributed by atoms with E-state index in [2.05, 4.69) is 20.8 Å². The van der Waals surface area contributed by atoms with Gasteiger partial charge in [0, 0.05) is 19.3 Å². The summed E-state index contributed by atoms with van der Waals surface area (Å²) in [6, 6.07) is 0. The maximum absolute atomic E-state index is 12.8. The highest BCUT2D eigenvalue weighted by Gasteiger charge is 2.19. The lowest BCUT2D eigenvalue weighted by atomic mass is 10.0. The topological polar surface area (TPSA) is 78.9 Å². The van der Waals surface area contributed by atoms with Crippen molar-refractivity contribution in [2.24, 2.45) is 0 Å². The van der Waals surface area contributed by atoms with Gasteiger partial charge in [-0.3, -0.25) is 14.4 Å². The van der Waals surface area contributed by atoms with Gasteiger partial charge in [0.05, 0.1) is 0 Å². The van der Waals surface area contributed by atoms with E-state index >= 15 is 0 Å². The third-order valence-electron chi connectivity index (χ3n) is 13.1. The fraction of sp³-hybridized carbons (Fsp3) is 0.947. The summed E-state index contributed by atoms with van der Waals surface area (Å²) in [4.78, 5) is 38.1. The summed E-state index contributed by atoms with van der Waals surface area (Å²) in [5, 5.41) is 0. The first-order valence-corrected chi connectivity index (χ1v) is 28.5. The van der Waals surface area contributed by atoms with Crippen LogP contribution in [0.2, 0.25) is 0 Å². The molecule has 0 saturated heterocycles. The Morgan fingerprint density at radius 2 is 0.438 bits per heavy atom. The summed E-state index contributed by atoms with van der Waals surface area (Å²) in [7, 11) is 0. The second-order valence-electron chi connectivity index (χ2n) is 19.6. The minimum atomic E-state index is -0.760. The molecule has 382 valence electrons. The molecule has 64 heavy (non-hydrogen) atoms. The van der Waals surface area contributed by atoms with Crippen molar-refractivity contribution in [3.63, 3.8) is 0 Å². The molecule has 0 aliphatic carbocycles.